The summed E-state index contributed by atoms with van der Waals surface area (Å²) in [7, 11) is 0. The van der Waals surface area contributed by atoms with Crippen LogP contribution in [0.15, 0.2) is 11.6 Å². The van der Waals surface area contributed by atoms with Crippen molar-refractivity contribution in [3.05, 3.63) is 11.6 Å². The molecule has 0 aromatic carbocycles. The Hall–Kier alpha value is -0.920. The van der Waals surface area contributed by atoms with E-state index in [1.807, 2.05) is 6.92 Å². The normalized spacial score (nSPS) is 51.3. The van der Waals surface area contributed by atoms with Gasteiger partial charge in [-0.1, -0.05) is 19.9 Å². The van der Waals surface area contributed by atoms with E-state index in [1.165, 1.54) is 25.7 Å². The molecule has 4 saturated carbocycles. The van der Waals surface area contributed by atoms with Crippen LogP contribution in [0.2, 0.25) is 0 Å². The lowest BCUT2D eigenvalue weighted by Crippen LogP contribution is -2.52. The number of allylic oxidation sites excluding steroid dienone is 2. The summed E-state index contributed by atoms with van der Waals surface area (Å²) in [6, 6.07) is 0. The molecule has 23 heavy (non-hydrogen) atoms. The standard InChI is InChI=1S/C21H30O2/c1-4-16-19(23)12-18-15-6-5-13-11-14(22)7-9-20(13,2)17(15)8-10-21(16,18)3/h4,13,15,17-18H,5-12H2,1-3H3/t13?,15-,17+,18+,20+,21-/m1/s1. The van der Waals surface area contributed by atoms with Crippen molar-refractivity contribution < 1.29 is 9.59 Å². The third-order valence-electron chi connectivity index (χ3n) is 8.48. The first-order valence-corrected chi connectivity index (χ1v) is 9.62. The second-order valence-corrected chi connectivity index (χ2v) is 9.19. The van der Waals surface area contributed by atoms with E-state index in [2.05, 4.69) is 19.9 Å². The predicted octanol–water partition coefficient (Wildman–Crippen LogP) is 4.72. The van der Waals surface area contributed by atoms with Gasteiger partial charge in [-0.15, -0.1) is 0 Å². The zero-order chi connectivity index (χ0) is 16.4. The molecule has 4 fully saturated rings. The molecule has 0 aliphatic heterocycles. The van der Waals surface area contributed by atoms with Gasteiger partial charge in [-0.3, -0.25) is 9.59 Å². The molecule has 6 atom stereocenters. The largest absolute Gasteiger partial charge is 0.300 e. The zero-order valence-corrected chi connectivity index (χ0v) is 14.9. The Morgan fingerprint density at radius 2 is 1.78 bits per heavy atom. The van der Waals surface area contributed by atoms with Crippen molar-refractivity contribution in [2.24, 2.45) is 34.5 Å². The van der Waals surface area contributed by atoms with Crippen LogP contribution >= 0.6 is 0 Å². The minimum absolute atomic E-state index is 0.126. The molecule has 0 amide bonds. The van der Waals surface area contributed by atoms with E-state index in [4.69, 9.17) is 0 Å². The van der Waals surface area contributed by atoms with Crippen molar-refractivity contribution >= 4 is 11.6 Å². The molecular weight excluding hydrogens is 284 g/mol. The third kappa shape index (κ3) is 1.99. The van der Waals surface area contributed by atoms with Gasteiger partial charge in [-0.2, -0.15) is 0 Å². The smallest absolute Gasteiger partial charge is 0.159 e. The highest BCUT2D eigenvalue weighted by atomic mass is 16.1. The van der Waals surface area contributed by atoms with E-state index < -0.39 is 0 Å². The lowest BCUT2D eigenvalue weighted by atomic mass is 9.45. The SMILES string of the molecule is CC=C1C(=O)C[C@H]2[C@@H]3CCC4CC(=O)CC[C@]4(C)[C@H]3CC[C@]12C. The number of hydrogen-bond acceptors (Lipinski definition) is 2. The van der Waals surface area contributed by atoms with Crippen LogP contribution in [-0.4, -0.2) is 11.6 Å². The Morgan fingerprint density at radius 3 is 2.52 bits per heavy atom. The molecule has 2 heteroatoms. The Kier molecular flexibility index (Phi) is 3.42. The molecule has 0 aromatic heterocycles. The molecule has 0 N–H and O–H groups in total. The van der Waals surface area contributed by atoms with Gasteiger partial charge in [0.15, 0.2) is 5.78 Å². The van der Waals surface area contributed by atoms with Crippen molar-refractivity contribution in [3.63, 3.8) is 0 Å². The Balaban J connectivity index is 1.67. The monoisotopic (exact) mass is 314 g/mol. The predicted molar refractivity (Wildman–Crippen MR) is 90.9 cm³/mol. The Labute approximate surface area is 140 Å². The summed E-state index contributed by atoms with van der Waals surface area (Å²) in [5, 5.41) is 0. The maximum Gasteiger partial charge on any atom is 0.159 e. The average Bonchev–Trinajstić information content (AvgIpc) is 2.77. The molecule has 0 spiro atoms. The second kappa shape index (κ2) is 5.04. The quantitative estimate of drug-likeness (QED) is 0.606. The molecule has 0 radical (unpaired) electrons. The highest BCUT2D eigenvalue weighted by Crippen LogP contribution is 2.66. The van der Waals surface area contributed by atoms with Gasteiger partial charge >= 0.3 is 0 Å². The van der Waals surface area contributed by atoms with Gasteiger partial charge in [0.25, 0.3) is 0 Å². The van der Waals surface area contributed by atoms with Gasteiger partial charge in [0.1, 0.15) is 5.78 Å². The van der Waals surface area contributed by atoms with Crippen LogP contribution in [0.1, 0.15) is 72.1 Å². The summed E-state index contributed by atoms with van der Waals surface area (Å²) in [6.45, 7) is 6.86. The van der Waals surface area contributed by atoms with Crippen LogP contribution in [0.5, 0.6) is 0 Å². The van der Waals surface area contributed by atoms with Crippen LogP contribution in [-0.2, 0) is 9.59 Å². The third-order valence-corrected chi connectivity index (χ3v) is 8.48. The van der Waals surface area contributed by atoms with Crippen molar-refractivity contribution in [2.75, 3.05) is 0 Å². The van der Waals surface area contributed by atoms with Crippen LogP contribution in [0.3, 0.4) is 0 Å². The number of carbonyl (C=O) groups excluding carboxylic acids is 2. The summed E-state index contributed by atoms with van der Waals surface area (Å²) >= 11 is 0. The molecule has 4 rings (SSSR count). The fourth-order valence-corrected chi connectivity index (χ4v) is 7.20. The van der Waals surface area contributed by atoms with E-state index >= 15 is 0 Å². The minimum Gasteiger partial charge on any atom is -0.300 e. The van der Waals surface area contributed by atoms with Gasteiger partial charge < -0.3 is 0 Å². The molecular formula is C21H30O2. The molecule has 4 aliphatic rings. The number of rotatable bonds is 0. The molecule has 0 saturated heterocycles. The fourth-order valence-electron chi connectivity index (χ4n) is 7.20. The van der Waals surface area contributed by atoms with Crippen molar-refractivity contribution in [1.29, 1.82) is 0 Å². The molecule has 0 heterocycles. The topological polar surface area (TPSA) is 34.1 Å². The lowest BCUT2D eigenvalue weighted by molar-refractivity contribution is -0.136. The highest BCUT2D eigenvalue weighted by Gasteiger charge is 2.60. The van der Waals surface area contributed by atoms with Crippen LogP contribution in [0.4, 0.5) is 0 Å². The van der Waals surface area contributed by atoms with Crippen LogP contribution in [0, 0.1) is 34.5 Å². The van der Waals surface area contributed by atoms with E-state index in [0.717, 1.165) is 37.2 Å². The first kappa shape index (κ1) is 15.6. The lowest BCUT2D eigenvalue weighted by Gasteiger charge is -2.59. The fraction of sp³-hybridized carbons (Fsp3) is 0.810. The summed E-state index contributed by atoms with van der Waals surface area (Å²) in [6.07, 6.45) is 10.4. The number of fused-ring (bicyclic) bond motifs is 5. The molecule has 126 valence electrons. The molecule has 0 aromatic rings. The van der Waals surface area contributed by atoms with Gasteiger partial charge in [0.2, 0.25) is 0 Å². The summed E-state index contributed by atoms with van der Waals surface area (Å²) in [5.74, 6) is 3.48. The summed E-state index contributed by atoms with van der Waals surface area (Å²) < 4.78 is 0. The first-order chi connectivity index (χ1) is 10.9. The van der Waals surface area contributed by atoms with Crippen molar-refractivity contribution in [3.8, 4) is 0 Å². The highest BCUT2D eigenvalue weighted by molar-refractivity contribution is 5.99. The molecule has 2 nitrogen and oxygen atoms in total. The van der Waals surface area contributed by atoms with E-state index in [-0.39, 0.29) is 5.41 Å². The van der Waals surface area contributed by atoms with Crippen LogP contribution < -0.4 is 0 Å². The second-order valence-electron chi connectivity index (χ2n) is 9.19. The van der Waals surface area contributed by atoms with Crippen molar-refractivity contribution in [1.82, 2.24) is 0 Å². The number of hydrogen-bond donors (Lipinski definition) is 0. The Morgan fingerprint density at radius 1 is 1.00 bits per heavy atom. The number of ketones is 2. The molecule has 0 bridgehead atoms. The first-order valence-electron chi connectivity index (χ1n) is 9.62. The maximum atomic E-state index is 12.5. The van der Waals surface area contributed by atoms with Gasteiger partial charge in [-0.05, 0) is 79.1 Å². The van der Waals surface area contributed by atoms with E-state index in [0.29, 0.717) is 34.7 Å². The van der Waals surface area contributed by atoms with Gasteiger partial charge in [-0.25, -0.2) is 0 Å². The average molecular weight is 314 g/mol. The maximum absolute atomic E-state index is 12.5. The number of Topliss-reactive ketones (excluding diaryl/α,β-unsaturated/α-hetero) is 2. The Bertz CT molecular complexity index is 589. The van der Waals surface area contributed by atoms with E-state index in [9.17, 15) is 9.59 Å². The van der Waals surface area contributed by atoms with E-state index in [1.54, 1.807) is 0 Å². The van der Waals surface area contributed by atoms with Gasteiger partial charge in [0.05, 0.1) is 0 Å². The number of carbonyl (C=O) groups is 2. The molecule has 1 unspecified atom stereocenters. The minimum atomic E-state index is 0.126. The summed E-state index contributed by atoms with van der Waals surface area (Å²) in [5.41, 5.74) is 1.59. The molecule has 4 aliphatic carbocycles. The van der Waals surface area contributed by atoms with Crippen LogP contribution in [0.25, 0.3) is 0 Å². The van der Waals surface area contributed by atoms with Gasteiger partial charge in [0, 0.05) is 19.3 Å². The zero-order valence-electron chi connectivity index (χ0n) is 14.9. The summed E-state index contributed by atoms with van der Waals surface area (Å²) in [4.78, 5) is 24.5. The van der Waals surface area contributed by atoms with Crippen molar-refractivity contribution in [2.45, 2.75) is 72.1 Å².